The molecule has 3 saturated carbocycles. The van der Waals surface area contributed by atoms with Crippen molar-refractivity contribution in [3.63, 3.8) is 0 Å². The second-order valence-electron chi connectivity index (χ2n) is 14.9. The SMILES string of the molecule is CC1(C)COC2(CCC3=C4C(CCC3(O)C2)C2CCC(O)(C(F)(F)C(F)(F)F)C2(C)C[C@@H]4c2ccc(/C=C/CO)cc2)OC1. The number of ether oxygens (including phenoxy) is 2. The van der Waals surface area contributed by atoms with Crippen LogP contribution in [0.2, 0.25) is 0 Å². The fourth-order valence-corrected chi connectivity index (χ4v) is 9.34. The van der Waals surface area contributed by atoms with Crippen molar-refractivity contribution >= 4 is 6.08 Å². The Balaban J connectivity index is 1.45. The minimum Gasteiger partial charge on any atom is -0.392 e. The van der Waals surface area contributed by atoms with Gasteiger partial charge in [0.2, 0.25) is 0 Å². The van der Waals surface area contributed by atoms with E-state index in [9.17, 15) is 23.4 Å². The zero-order valence-corrected chi connectivity index (χ0v) is 25.5. The van der Waals surface area contributed by atoms with Crippen LogP contribution in [0.5, 0.6) is 0 Å². The van der Waals surface area contributed by atoms with Gasteiger partial charge < -0.3 is 24.8 Å². The molecule has 0 radical (unpaired) electrons. The first-order valence-electron chi connectivity index (χ1n) is 15.7. The highest BCUT2D eigenvalue weighted by molar-refractivity contribution is 5.52. The summed E-state index contributed by atoms with van der Waals surface area (Å²) >= 11 is 0. The van der Waals surface area contributed by atoms with E-state index in [1.807, 2.05) is 24.3 Å². The molecule has 244 valence electrons. The zero-order chi connectivity index (χ0) is 32.0. The summed E-state index contributed by atoms with van der Waals surface area (Å²) in [5.41, 5.74) is -3.12. The van der Waals surface area contributed by atoms with Gasteiger partial charge >= 0.3 is 12.1 Å². The molecule has 1 aromatic rings. The van der Waals surface area contributed by atoms with Crippen LogP contribution in [-0.2, 0) is 9.47 Å². The minimum absolute atomic E-state index is 0.0431. The molecule has 5 aliphatic rings. The maximum Gasteiger partial charge on any atom is 0.456 e. The van der Waals surface area contributed by atoms with Gasteiger partial charge in [0, 0.05) is 29.6 Å². The lowest BCUT2D eigenvalue weighted by atomic mass is 9.49. The van der Waals surface area contributed by atoms with Gasteiger partial charge in [0.1, 0.15) is 5.60 Å². The van der Waals surface area contributed by atoms with Gasteiger partial charge in [-0.15, -0.1) is 0 Å². The molecule has 6 atom stereocenters. The number of hydrogen-bond donors (Lipinski definition) is 3. The molecule has 0 bridgehead atoms. The summed E-state index contributed by atoms with van der Waals surface area (Å²) in [6.45, 7) is 6.36. The first-order valence-corrected chi connectivity index (χ1v) is 15.7. The predicted octanol–water partition coefficient (Wildman–Crippen LogP) is 6.92. The molecule has 10 heteroatoms. The number of hydrogen-bond acceptors (Lipinski definition) is 5. The molecule has 44 heavy (non-hydrogen) atoms. The second kappa shape index (κ2) is 10.3. The summed E-state index contributed by atoms with van der Waals surface area (Å²) in [5.74, 6) is -7.75. The molecule has 5 nitrogen and oxygen atoms in total. The summed E-state index contributed by atoms with van der Waals surface area (Å²) in [6.07, 6.45) is -1.38. The van der Waals surface area contributed by atoms with Crippen LogP contribution in [0.4, 0.5) is 22.0 Å². The van der Waals surface area contributed by atoms with Gasteiger partial charge in [-0.05, 0) is 67.1 Å². The Bertz CT molecular complexity index is 1330. The van der Waals surface area contributed by atoms with E-state index in [0.29, 0.717) is 38.9 Å². The predicted molar refractivity (Wildman–Crippen MR) is 154 cm³/mol. The average Bonchev–Trinajstić information content (AvgIpc) is 3.24. The van der Waals surface area contributed by atoms with Crippen molar-refractivity contribution in [1.29, 1.82) is 0 Å². The number of allylic oxidation sites excluding steroid dienone is 1. The molecule has 5 unspecified atom stereocenters. The molecule has 1 aromatic carbocycles. The Morgan fingerprint density at radius 1 is 0.932 bits per heavy atom. The third-order valence-corrected chi connectivity index (χ3v) is 11.6. The first kappa shape index (κ1) is 32.1. The number of benzene rings is 1. The summed E-state index contributed by atoms with van der Waals surface area (Å²) in [7, 11) is 0. The van der Waals surface area contributed by atoms with Gasteiger partial charge in [0.05, 0.1) is 25.4 Å². The van der Waals surface area contributed by atoms with Crippen molar-refractivity contribution in [1.82, 2.24) is 0 Å². The van der Waals surface area contributed by atoms with Crippen molar-refractivity contribution in [3.05, 3.63) is 52.6 Å². The van der Waals surface area contributed by atoms with Crippen molar-refractivity contribution in [2.75, 3.05) is 19.8 Å². The van der Waals surface area contributed by atoms with E-state index >= 15 is 8.78 Å². The molecule has 1 aliphatic heterocycles. The van der Waals surface area contributed by atoms with Crippen molar-refractivity contribution in [2.24, 2.45) is 22.7 Å². The average molecular weight is 627 g/mol. The monoisotopic (exact) mass is 626 g/mol. The molecule has 4 fully saturated rings. The Morgan fingerprint density at radius 3 is 2.20 bits per heavy atom. The number of aliphatic hydroxyl groups excluding tert-OH is 1. The molecule has 1 saturated heterocycles. The second-order valence-corrected chi connectivity index (χ2v) is 14.9. The summed E-state index contributed by atoms with van der Waals surface area (Å²) in [5, 5.41) is 32.9. The van der Waals surface area contributed by atoms with Crippen LogP contribution in [-0.4, -0.2) is 64.2 Å². The zero-order valence-electron chi connectivity index (χ0n) is 25.5. The van der Waals surface area contributed by atoms with Gasteiger partial charge in [-0.25, -0.2) is 0 Å². The summed E-state index contributed by atoms with van der Waals surface area (Å²) in [4.78, 5) is 0. The minimum atomic E-state index is -5.90. The van der Waals surface area contributed by atoms with E-state index in [-0.39, 0.29) is 37.2 Å². The molecule has 0 aromatic heterocycles. The molecule has 3 N–H and O–H groups in total. The number of halogens is 5. The van der Waals surface area contributed by atoms with Crippen LogP contribution in [0.25, 0.3) is 6.08 Å². The smallest absolute Gasteiger partial charge is 0.392 e. The van der Waals surface area contributed by atoms with Crippen LogP contribution >= 0.6 is 0 Å². The Labute approximate surface area is 255 Å². The van der Waals surface area contributed by atoms with Crippen LogP contribution < -0.4 is 0 Å². The molecular weight excluding hydrogens is 583 g/mol. The van der Waals surface area contributed by atoms with Crippen molar-refractivity contribution in [2.45, 2.75) is 107 Å². The summed E-state index contributed by atoms with van der Waals surface area (Å²) < 4.78 is 84.6. The number of rotatable bonds is 4. The largest absolute Gasteiger partial charge is 0.456 e. The lowest BCUT2D eigenvalue weighted by Gasteiger charge is -2.59. The molecular formula is C34H43F5O5. The number of alkyl halides is 5. The van der Waals surface area contributed by atoms with Gasteiger partial charge in [-0.3, -0.25) is 0 Å². The van der Waals surface area contributed by atoms with E-state index in [4.69, 9.17) is 14.6 Å². The lowest BCUT2D eigenvalue weighted by molar-refractivity contribution is -0.362. The van der Waals surface area contributed by atoms with Gasteiger partial charge in [-0.2, -0.15) is 22.0 Å². The normalized spacial score (nSPS) is 38.5. The Morgan fingerprint density at radius 2 is 1.59 bits per heavy atom. The van der Waals surface area contributed by atoms with Gasteiger partial charge in [0.15, 0.2) is 5.79 Å². The molecule has 1 spiro atoms. The van der Waals surface area contributed by atoms with E-state index < -0.39 is 52.8 Å². The first-order chi connectivity index (χ1) is 20.4. The van der Waals surface area contributed by atoms with Crippen molar-refractivity contribution < 1.29 is 46.7 Å². The number of aliphatic hydroxyl groups is 3. The maximum atomic E-state index is 15.3. The highest BCUT2D eigenvalue weighted by Gasteiger charge is 2.79. The van der Waals surface area contributed by atoms with E-state index in [2.05, 4.69) is 13.8 Å². The summed E-state index contributed by atoms with van der Waals surface area (Å²) in [6, 6.07) is 7.30. The highest BCUT2D eigenvalue weighted by atomic mass is 19.4. The fraction of sp³-hybridized carbons (Fsp3) is 0.706. The molecule has 0 amide bonds. The van der Waals surface area contributed by atoms with Crippen LogP contribution in [0.1, 0.15) is 89.2 Å². The van der Waals surface area contributed by atoms with Crippen LogP contribution in [0, 0.1) is 22.7 Å². The van der Waals surface area contributed by atoms with Gasteiger partial charge in [-0.1, -0.05) is 62.8 Å². The van der Waals surface area contributed by atoms with Gasteiger partial charge in [0.25, 0.3) is 0 Å². The van der Waals surface area contributed by atoms with E-state index in [1.54, 1.807) is 12.2 Å². The maximum absolute atomic E-state index is 15.3. The third kappa shape index (κ3) is 4.72. The Kier molecular flexibility index (Phi) is 7.53. The van der Waals surface area contributed by atoms with E-state index in [0.717, 1.165) is 22.3 Å². The molecule has 4 aliphatic carbocycles. The number of fused-ring (bicyclic) bond motifs is 4. The third-order valence-electron chi connectivity index (χ3n) is 11.6. The topological polar surface area (TPSA) is 79.2 Å². The van der Waals surface area contributed by atoms with Crippen molar-refractivity contribution in [3.8, 4) is 0 Å². The van der Waals surface area contributed by atoms with E-state index in [1.165, 1.54) is 6.92 Å². The Hall–Kier alpha value is -1.85. The standard InChI is InChI=1S/C34H43F5O5/c1-28(2)19-43-31(44-20-28)14-11-26-27-23(10-13-30(26,41)18-31)25-12-15-32(42,33(35,36)34(37,38)39)29(25,3)17-24(27)22-8-6-21(7-9-22)5-4-16-40/h4-9,23-25,40-42H,10-20H2,1-3H3/b5-4+/t23?,24-,25?,29?,30?,32?/m1/s1. The van der Waals surface area contributed by atoms with Crippen LogP contribution in [0.15, 0.2) is 41.5 Å². The van der Waals surface area contributed by atoms with Crippen LogP contribution in [0.3, 0.4) is 0 Å². The molecule has 6 rings (SSSR count). The molecule has 1 heterocycles. The lowest BCUT2D eigenvalue weighted by Crippen LogP contribution is -2.65. The quantitative estimate of drug-likeness (QED) is 0.250. The highest BCUT2D eigenvalue weighted by Crippen LogP contribution is 2.71. The fourth-order valence-electron chi connectivity index (χ4n) is 9.34.